The first-order chi connectivity index (χ1) is 15.2. The second-order valence-electron chi connectivity index (χ2n) is 9.18. The molecule has 0 aromatic carbocycles. The Hall–Kier alpha value is -3.40. The Balaban J connectivity index is 2.07. The highest BCUT2D eigenvalue weighted by atomic mass is 14.9. The van der Waals surface area contributed by atoms with Crippen molar-refractivity contribution in [3.63, 3.8) is 0 Å². The van der Waals surface area contributed by atoms with Gasteiger partial charge in [-0.1, -0.05) is 0 Å². The van der Waals surface area contributed by atoms with Crippen LogP contribution >= 0.6 is 0 Å². The molecule has 4 nitrogen and oxygen atoms in total. The number of aryl methyl sites for hydroxylation is 7. The topological polar surface area (TPSA) is 46.5 Å². The van der Waals surface area contributed by atoms with Gasteiger partial charge in [0.15, 0.2) is 0 Å². The Morgan fingerprint density at radius 3 is 1.78 bits per heavy atom. The fourth-order valence-corrected chi connectivity index (χ4v) is 5.24. The van der Waals surface area contributed by atoms with Gasteiger partial charge in [-0.05, 0) is 118 Å². The lowest BCUT2D eigenvalue weighted by atomic mass is 10.1. The maximum atomic E-state index is 5.10. The summed E-state index contributed by atoms with van der Waals surface area (Å²) in [6.07, 6.45) is 6.47. The molecule has 0 radical (unpaired) electrons. The minimum absolute atomic E-state index is 1.01. The number of hydrogen-bond donors (Lipinski definition) is 1. The second-order valence-corrected chi connectivity index (χ2v) is 9.18. The predicted octanol–water partition coefficient (Wildman–Crippen LogP) is 6.91. The van der Waals surface area contributed by atoms with Gasteiger partial charge in [-0.2, -0.15) is 0 Å². The maximum absolute atomic E-state index is 5.10. The Morgan fingerprint density at radius 1 is 0.625 bits per heavy atom. The van der Waals surface area contributed by atoms with Crippen molar-refractivity contribution >= 4 is 45.9 Å². The van der Waals surface area contributed by atoms with Gasteiger partial charge in [0.1, 0.15) is 0 Å². The van der Waals surface area contributed by atoms with Crippen LogP contribution in [-0.4, -0.2) is 19.5 Å². The highest BCUT2D eigenvalue weighted by Crippen LogP contribution is 2.33. The third-order valence-electron chi connectivity index (χ3n) is 7.25. The smallest absolute Gasteiger partial charge is 0.0717 e. The summed E-state index contributed by atoms with van der Waals surface area (Å²) in [6, 6.07) is 4.28. The average Bonchev–Trinajstić information content (AvgIpc) is 3.53. The molecule has 5 heterocycles. The molecule has 32 heavy (non-hydrogen) atoms. The van der Waals surface area contributed by atoms with Gasteiger partial charge in [0.2, 0.25) is 0 Å². The van der Waals surface area contributed by atoms with E-state index in [1.807, 2.05) is 0 Å². The predicted molar refractivity (Wildman–Crippen MR) is 137 cm³/mol. The molecule has 0 atom stereocenters. The maximum Gasteiger partial charge on any atom is 0.0717 e. The first-order valence-corrected chi connectivity index (χ1v) is 11.2. The van der Waals surface area contributed by atoms with Crippen LogP contribution in [0.3, 0.4) is 0 Å². The van der Waals surface area contributed by atoms with E-state index in [4.69, 9.17) is 9.97 Å². The largest absolute Gasteiger partial charge is 0.355 e. The van der Waals surface area contributed by atoms with Crippen LogP contribution in [0, 0.1) is 41.5 Å². The van der Waals surface area contributed by atoms with Gasteiger partial charge in [0.05, 0.1) is 22.8 Å². The SMILES string of the molecule is CC1=Cc2nc1c(C)c1c(C)c(C)c(c(C)c3nc(c(C)c4ccc([nH]4)c2C)C=C3)n1C. The van der Waals surface area contributed by atoms with Crippen molar-refractivity contribution in [1.82, 2.24) is 19.5 Å². The molecule has 0 spiro atoms. The lowest BCUT2D eigenvalue weighted by molar-refractivity contribution is 0.991. The zero-order valence-corrected chi connectivity index (χ0v) is 20.2. The van der Waals surface area contributed by atoms with Crippen LogP contribution in [0.25, 0.3) is 45.9 Å². The average molecular weight is 423 g/mol. The zero-order chi connectivity index (χ0) is 22.9. The van der Waals surface area contributed by atoms with Crippen LogP contribution in [0.2, 0.25) is 0 Å². The standard InChI is InChI=1S/C28H30N4/c1-14-13-25-18(5)23-10-9-21(29-23)17(4)22-11-12-24(30-22)19(6)27-15(2)16(3)28(32(27)8)20(7)26(14)31-25/h9-13,29H,1-8H3. The molecule has 3 aromatic heterocycles. The van der Waals surface area contributed by atoms with Crippen LogP contribution in [-0.2, 0) is 7.05 Å². The Bertz CT molecular complexity index is 1540. The van der Waals surface area contributed by atoms with Gasteiger partial charge in [-0.3, -0.25) is 0 Å². The van der Waals surface area contributed by atoms with E-state index in [1.54, 1.807) is 0 Å². The molecule has 8 bridgehead atoms. The molecular weight excluding hydrogens is 392 g/mol. The van der Waals surface area contributed by atoms with Gasteiger partial charge in [-0.25, -0.2) is 9.97 Å². The van der Waals surface area contributed by atoms with E-state index in [0.717, 1.165) is 44.9 Å². The van der Waals surface area contributed by atoms with E-state index in [1.165, 1.54) is 38.9 Å². The third kappa shape index (κ3) is 2.82. The summed E-state index contributed by atoms with van der Waals surface area (Å²) in [7, 11) is 2.17. The number of H-pyrrole nitrogens is 1. The summed E-state index contributed by atoms with van der Waals surface area (Å²) in [6.45, 7) is 15.2. The quantitative estimate of drug-likeness (QED) is 0.335. The van der Waals surface area contributed by atoms with Crippen LogP contribution in [0.4, 0.5) is 0 Å². The van der Waals surface area contributed by atoms with Crippen molar-refractivity contribution in [1.29, 1.82) is 0 Å². The van der Waals surface area contributed by atoms with Gasteiger partial charge < -0.3 is 9.55 Å². The van der Waals surface area contributed by atoms with Crippen molar-refractivity contribution in [2.75, 3.05) is 0 Å². The highest BCUT2D eigenvalue weighted by molar-refractivity contribution is 5.89. The van der Waals surface area contributed by atoms with Crippen LogP contribution in [0.5, 0.6) is 0 Å². The first-order valence-electron chi connectivity index (χ1n) is 11.2. The number of rotatable bonds is 0. The van der Waals surface area contributed by atoms with Crippen molar-refractivity contribution in [2.24, 2.45) is 7.05 Å². The lowest BCUT2D eigenvalue weighted by Gasteiger charge is -2.05. The molecule has 1 N–H and O–H groups in total. The Morgan fingerprint density at radius 2 is 1.16 bits per heavy atom. The molecule has 0 aliphatic carbocycles. The minimum Gasteiger partial charge on any atom is -0.355 e. The van der Waals surface area contributed by atoms with E-state index in [0.29, 0.717) is 0 Å². The fraction of sp³-hybridized carbons (Fsp3) is 0.286. The molecule has 162 valence electrons. The molecule has 2 aliphatic rings. The monoisotopic (exact) mass is 422 g/mol. The van der Waals surface area contributed by atoms with E-state index >= 15 is 0 Å². The van der Waals surface area contributed by atoms with Crippen LogP contribution in [0.1, 0.15) is 63.1 Å². The van der Waals surface area contributed by atoms with Crippen molar-refractivity contribution in [3.05, 3.63) is 68.3 Å². The van der Waals surface area contributed by atoms with Crippen molar-refractivity contribution < 1.29 is 0 Å². The highest BCUT2D eigenvalue weighted by Gasteiger charge is 2.18. The van der Waals surface area contributed by atoms with Gasteiger partial charge >= 0.3 is 0 Å². The summed E-state index contributed by atoms with van der Waals surface area (Å²) in [5, 5.41) is 0. The van der Waals surface area contributed by atoms with Crippen molar-refractivity contribution in [2.45, 2.75) is 48.5 Å². The van der Waals surface area contributed by atoms with E-state index < -0.39 is 0 Å². The summed E-state index contributed by atoms with van der Waals surface area (Å²) in [5.74, 6) is 0. The molecule has 0 fully saturated rings. The van der Waals surface area contributed by atoms with Crippen LogP contribution in [0.15, 0.2) is 12.1 Å². The van der Waals surface area contributed by atoms with Gasteiger partial charge in [0, 0.05) is 29.1 Å². The van der Waals surface area contributed by atoms with Crippen LogP contribution < -0.4 is 0 Å². The first kappa shape index (κ1) is 20.5. The van der Waals surface area contributed by atoms with E-state index in [2.05, 4.69) is 95.4 Å². The summed E-state index contributed by atoms with van der Waals surface area (Å²) in [4.78, 5) is 13.7. The molecule has 3 aromatic rings. The summed E-state index contributed by atoms with van der Waals surface area (Å²) in [5.41, 5.74) is 17.3. The molecule has 0 saturated heterocycles. The molecule has 4 heteroatoms. The molecule has 0 unspecified atom stereocenters. The van der Waals surface area contributed by atoms with Crippen molar-refractivity contribution in [3.8, 4) is 0 Å². The number of allylic oxidation sites excluding steroid dienone is 1. The number of aromatic amines is 1. The molecule has 2 aliphatic heterocycles. The second kappa shape index (κ2) is 7.06. The minimum atomic E-state index is 1.01. The molecule has 0 saturated carbocycles. The fourth-order valence-electron chi connectivity index (χ4n) is 5.24. The molecule has 0 amide bonds. The Labute approximate surface area is 189 Å². The zero-order valence-electron chi connectivity index (χ0n) is 20.2. The van der Waals surface area contributed by atoms with Gasteiger partial charge in [-0.15, -0.1) is 0 Å². The third-order valence-corrected chi connectivity index (χ3v) is 7.25. The lowest BCUT2D eigenvalue weighted by Crippen LogP contribution is -1.95. The number of nitrogens with zero attached hydrogens (tertiary/aromatic N) is 3. The Kier molecular flexibility index (Phi) is 4.52. The number of fused-ring (bicyclic) bond motifs is 8. The molecular formula is C28H30N4. The summed E-state index contributed by atoms with van der Waals surface area (Å²) < 4.78 is 2.33. The number of nitrogens with one attached hydrogen (secondary N) is 1. The van der Waals surface area contributed by atoms with E-state index in [9.17, 15) is 0 Å². The normalized spacial score (nSPS) is 13.1. The summed E-state index contributed by atoms with van der Waals surface area (Å²) >= 11 is 0. The van der Waals surface area contributed by atoms with Gasteiger partial charge in [0.25, 0.3) is 0 Å². The molecule has 5 rings (SSSR count). The number of hydrogen-bond acceptors (Lipinski definition) is 2. The number of aromatic nitrogens is 4. The van der Waals surface area contributed by atoms with E-state index in [-0.39, 0.29) is 0 Å².